The predicted molar refractivity (Wildman–Crippen MR) is 76.1 cm³/mol. The summed E-state index contributed by atoms with van der Waals surface area (Å²) in [4.78, 5) is 7.92. The van der Waals surface area contributed by atoms with Crippen molar-refractivity contribution in [1.29, 1.82) is 0 Å². The highest BCUT2D eigenvalue weighted by molar-refractivity contribution is 7.19. The maximum Gasteiger partial charge on any atom is 0.185 e. The van der Waals surface area contributed by atoms with E-state index in [9.17, 15) is 0 Å². The summed E-state index contributed by atoms with van der Waals surface area (Å²) < 4.78 is 0. The molecule has 2 rings (SSSR count). The number of aryl methyl sites for hydroxylation is 3. The third kappa shape index (κ3) is 2.34. The second-order valence-corrected chi connectivity index (χ2v) is 5.58. The Labute approximate surface area is 107 Å². The van der Waals surface area contributed by atoms with Gasteiger partial charge in [0.25, 0.3) is 0 Å². The SMILES string of the molecule is Cc1ccc(-c2sc(N(C)C)nc2C)cc1C. The predicted octanol–water partition coefficient (Wildman–Crippen LogP) is 3.80. The Balaban J connectivity index is 2.49. The van der Waals surface area contributed by atoms with Gasteiger partial charge >= 0.3 is 0 Å². The van der Waals surface area contributed by atoms with Gasteiger partial charge in [-0.25, -0.2) is 4.98 Å². The number of benzene rings is 1. The second kappa shape index (κ2) is 4.49. The van der Waals surface area contributed by atoms with E-state index in [1.165, 1.54) is 21.6 Å². The summed E-state index contributed by atoms with van der Waals surface area (Å²) >= 11 is 1.75. The van der Waals surface area contributed by atoms with Crippen LogP contribution in [-0.4, -0.2) is 19.1 Å². The van der Waals surface area contributed by atoms with Gasteiger partial charge in [-0.15, -0.1) is 0 Å². The molecule has 0 aliphatic rings. The molecular weight excluding hydrogens is 228 g/mol. The summed E-state index contributed by atoms with van der Waals surface area (Å²) in [7, 11) is 4.06. The van der Waals surface area contributed by atoms with E-state index in [2.05, 4.69) is 48.9 Å². The first kappa shape index (κ1) is 12.1. The number of nitrogens with zero attached hydrogens (tertiary/aromatic N) is 2. The van der Waals surface area contributed by atoms with E-state index in [-0.39, 0.29) is 0 Å². The van der Waals surface area contributed by atoms with E-state index < -0.39 is 0 Å². The summed E-state index contributed by atoms with van der Waals surface area (Å²) in [5, 5.41) is 1.07. The van der Waals surface area contributed by atoms with E-state index in [1.54, 1.807) is 11.3 Å². The van der Waals surface area contributed by atoms with Crippen LogP contribution in [0, 0.1) is 20.8 Å². The second-order valence-electron chi connectivity index (χ2n) is 4.60. The summed E-state index contributed by atoms with van der Waals surface area (Å²) in [5.74, 6) is 0. The first-order valence-electron chi connectivity index (χ1n) is 5.71. The Morgan fingerprint density at radius 1 is 1.06 bits per heavy atom. The van der Waals surface area contributed by atoms with Crippen molar-refractivity contribution in [3.05, 3.63) is 35.0 Å². The Hall–Kier alpha value is -1.35. The van der Waals surface area contributed by atoms with E-state index in [0.29, 0.717) is 0 Å². The molecule has 0 bridgehead atoms. The largest absolute Gasteiger partial charge is 0.354 e. The van der Waals surface area contributed by atoms with Crippen LogP contribution in [0.5, 0.6) is 0 Å². The lowest BCUT2D eigenvalue weighted by Gasteiger charge is -2.05. The molecule has 1 aromatic carbocycles. The monoisotopic (exact) mass is 246 g/mol. The zero-order valence-electron chi connectivity index (χ0n) is 11.0. The molecule has 17 heavy (non-hydrogen) atoms. The maximum atomic E-state index is 4.58. The van der Waals surface area contributed by atoms with Crippen molar-refractivity contribution in [3.63, 3.8) is 0 Å². The molecule has 2 aromatic rings. The van der Waals surface area contributed by atoms with Crippen LogP contribution in [0.3, 0.4) is 0 Å². The average molecular weight is 246 g/mol. The summed E-state index contributed by atoms with van der Waals surface area (Å²) in [5.41, 5.74) is 5.06. The Bertz CT molecular complexity index is 541. The van der Waals surface area contributed by atoms with Crippen LogP contribution in [0.15, 0.2) is 18.2 Å². The molecule has 2 nitrogen and oxygen atoms in total. The van der Waals surface area contributed by atoms with E-state index in [4.69, 9.17) is 0 Å². The Kier molecular flexibility index (Phi) is 3.20. The van der Waals surface area contributed by atoms with Crippen molar-refractivity contribution in [3.8, 4) is 10.4 Å². The van der Waals surface area contributed by atoms with Crippen molar-refractivity contribution in [2.45, 2.75) is 20.8 Å². The van der Waals surface area contributed by atoms with Gasteiger partial charge in [0.15, 0.2) is 5.13 Å². The molecule has 0 spiro atoms. The molecule has 0 radical (unpaired) electrons. The molecule has 0 N–H and O–H groups in total. The standard InChI is InChI=1S/C14H18N2S/c1-9-6-7-12(8-10(9)2)13-11(3)15-14(17-13)16(4)5/h6-8H,1-5H3. The fraction of sp³-hybridized carbons (Fsp3) is 0.357. The Morgan fingerprint density at radius 3 is 2.29 bits per heavy atom. The number of hydrogen-bond acceptors (Lipinski definition) is 3. The summed E-state index contributed by atoms with van der Waals surface area (Å²) in [6.45, 7) is 6.37. The normalized spacial score (nSPS) is 10.6. The minimum atomic E-state index is 1.07. The van der Waals surface area contributed by atoms with Gasteiger partial charge in [-0.2, -0.15) is 0 Å². The van der Waals surface area contributed by atoms with Crippen LogP contribution in [0.1, 0.15) is 16.8 Å². The highest BCUT2D eigenvalue weighted by atomic mass is 32.1. The van der Waals surface area contributed by atoms with Gasteiger partial charge in [-0.05, 0) is 37.5 Å². The molecule has 1 aromatic heterocycles. The molecule has 0 saturated heterocycles. The fourth-order valence-corrected chi connectivity index (χ4v) is 2.71. The lowest BCUT2D eigenvalue weighted by molar-refractivity contribution is 1.09. The topological polar surface area (TPSA) is 16.1 Å². The first-order valence-corrected chi connectivity index (χ1v) is 6.53. The zero-order chi connectivity index (χ0) is 12.6. The van der Waals surface area contributed by atoms with Crippen LogP contribution in [0.2, 0.25) is 0 Å². The highest BCUT2D eigenvalue weighted by Gasteiger charge is 2.11. The maximum absolute atomic E-state index is 4.58. The molecule has 3 heteroatoms. The number of thiazole rings is 1. The molecular formula is C14H18N2S. The van der Waals surface area contributed by atoms with Crippen LogP contribution < -0.4 is 4.90 Å². The van der Waals surface area contributed by atoms with E-state index >= 15 is 0 Å². The van der Waals surface area contributed by atoms with Gasteiger partial charge in [0.1, 0.15) is 0 Å². The molecule has 0 amide bonds. The lowest BCUT2D eigenvalue weighted by atomic mass is 10.0. The van der Waals surface area contributed by atoms with Crippen molar-refractivity contribution in [1.82, 2.24) is 4.98 Å². The Morgan fingerprint density at radius 2 is 1.76 bits per heavy atom. The van der Waals surface area contributed by atoms with Gasteiger partial charge in [-0.1, -0.05) is 29.5 Å². The van der Waals surface area contributed by atoms with Gasteiger partial charge in [0.2, 0.25) is 0 Å². The molecule has 1 heterocycles. The van der Waals surface area contributed by atoms with Gasteiger partial charge < -0.3 is 4.90 Å². The van der Waals surface area contributed by atoms with Crippen LogP contribution >= 0.6 is 11.3 Å². The molecule has 0 aliphatic carbocycles. The van der Waals surface area contributed by atoms with E-state index in [0.717, 1.165) is 10.8 Å². The summed E-state index contributed by atoms with van der Waals surface area (Å²) in [6, 6.07) is 6.61. The fourth-order valence-electron chi connectivity index (χ4n) is 1.72. The number of aromatic nitrogens is 1. The highest BCUT2D eigenvalue weighted by Crippen LogP contribution is 2.34. The van der Waals surface area contributed by atoms with Crippen molar-refractivity contribution >= 4 is 16.5 Å². The molecule has 0 aliphatic heterocycles. The smallest absolute Gasteiger partial charge is 0.185 e. The minimum absolute atomic E-state index is 1.07. The van der Waals surface area contributed by atoms with Gasteiger partial charge in [-0.3, -0.25) is 0 Å². The van der Waals surface area contributed by atoms with Crippen molar-refractivity contribution < 1.29 is 0 Å². The number of anilines is 1. The minimum Gasteiger partial charge on any atom is -0.354 e. The van der Waals surface area contributed by atoms with Crippen LogP contribution in [-0.2, 0) is 0 Å². The molecule has 0 atom stereocenters. The quantitative estimate of drug-likeness (QED) is 0.801. The third-order valence-corrected chi connectivity index (χ3v) is 4.31. The zero-order valence-corrected chi connectivity index (χ0v) is 11.9. The molecule has 0 saturated carbocycles. The third-order valence-electron chi connectivity index (χ3n) is 2.94. The molecule has 0 unspecified atom stereocenters. The van der Waals surface area contributed by atoms with Crippen LogP contribution in [0.4, 0.5) is 5.13 Å². The van der Waals surface area contributed by atoms with Crippen LogP contribution in [0.25, 0.3) is 10.4 Å². The average Bonchev–Trinajstić information content (AvgIpc) is 2.65. The van der Waals surface area contributed by atoms with Crippen molar-refractivity contribution in [2.75, 3.05) is 19.0 Å². The molecule has 90 valence electrons. The van der Waals surface area contributed by atoms with Gasteiger partial charge in [0.05, 0.1) is 10.6 Å². The number of hydrogen-bond donors (Lipinski definition) is 0. The number of rotatable bonds is 2. The lowest BCUT2D eigenvalue weighted by Crippen LogP contribution is -2.07. The van der Waals surface area contributed by atoms with E-state index in [1.807, 2.05) is 14.1 Å². The molecule has 0 fully saturated rings. The van der Waals surface area contributed by atoms with Crippen molar-refractivity contribution in [2.24, 2.45) is 0 Å². The van der Waals surface area contributed by atoms with Gasteiger partial charge in [0, 0.05) is 14.1 Å². The first-order chi connectivity index (χ1) is 7.99. The summed E-state index contributed by atoms with van der Waals surface area (Å²) in [6.07, 6.45) is 0.